The lowest BCUT2D eigenvalue weighted by Gasteiger charge is -2.38. The maximum Gasteiger partial charge on any atom is 0.259 e. The molecule has 0 saturated carbocycles. The number of rotatable bonds is 3. The van der Waals surface area contributed by atoms with Crippen LogP contribution in [0.1, 0.15) is 26.1 Å². The average Bonchev–Trinajstić information content (AvgIpc) is 2.63. The van der Waals surface area contributed by atoms with E-state index in [2.05, 4.69) is 28.9 Å². The zero-order valence-corrected chi connectivity index (χ0v) is 12.7. The summed E-state index contributed by atoms with van der Waals surface area (Å²) in [5, 5.41) is 3.39. The zero-order chi connectivity index (χ0) is 14.3. The smallest absolute Gasteiger partial charge is 0.259 e. The number of nitrogens with one attached hydrogen (secondary N) is 2. The van der Waals surface area contributed by atoms with Crippen molar-refractivity contribution in [2.24, 2.45) is 12.5 Å². The molecule has 1 atom stereocenters. The lowest BCUT2D eigenvalue weighted by atomic mass is 9.81. The number of nitrogens with zero attached hydrogens (tertiary/aromatic N) is 2. The molecule has 1 unspecified atom stereocenters. The number of piperidine rings is 1. The lowest BCUT2D eigenvalue weighted by molar-refractivity contribution is 0.206. The number of sulfonamides is 1. The van der Waals surface area contributed by atoms with Gasteiger partial charge in [-0.15, -0.1) is 0 Å². The first-order valence-corrected chi connectivity index (χ1v) is 7.94. The Hall–Kier alpha value is -0.920. The van der Waals surface area contributed by atoms with Crippen LogP contribution >= 0.6 is 0 Å². The summed E-state index contributed by atoms with van der Waals surface area (Å²) in [6, 6.07) is -0.0685. The van der Waals surface area contributed by atoms with Crippen molar-refractivity contribution in [3.05, 3.63) is 12.0 Å². The summed E-state index contributed by atoms with van der Waals surface area (Å²) in [5.74, 6) is 0.685. The van der Waals surface area contributed by atoms with Gasteiger partial charge in [0.2, 0.25) is 0 Å². The first-order chi connectivity index (χ1) is 8.72. The van der Waals surface area contributed by atoms with Crippen molar-refractivity contribution < 1.29 is 8.42 Å². The minimum absolute atomic E-state index is 0.0685. The average molecular weight is 286 g/mol. The molecule has 1 saturated heterocycles. The van der Waals surface area contributed by atoms with E-state index in [1.807, 2.05) is 0 Å². The standard InChI is InChI=1S/C12H22N4O2S/c1-9-14-11(7-16(9)4)19(17,18)15-10-5-6-13-8-12(10,2)3/h7,10,13,15H,5-6,8H2,1-4H3. The second-order valence-electron chi connectivity index (χ2n) is 5.87. The number of aryl methyl sites for hydroxylation is 2. The number of aromatic nitrogens is 2. The van der Waals surface area contributed by atoms with Crippen LogP contribution in [-0.4, -0.2) is 37.1 Å². The quantitative estimate of drug-likeness (QED) is 0.843. The first-order valence-electron chi connectivity index (χ1n) is 6.45. The van der Waals surface area contributed by atoms with E-state index in [0.29, 0.717) is 5.82 Å². The van der Waals surface area contributed by atoms with E-state index in [-0.39, 0.29) is 16.5 Å². The summed E-state index contributed by atoms with van der Waals surface area (Å²) in [6.07, 6.45) is 2.34. The van der Waals surface area contributed by atoms with Crippen molar-refractivity contribution in [2.45, 2.75) is 38.3 Å². The zero-order valence-electron chi connectivity index (χ0n) is 11.9. The molecule has 108 valence electrons. The molecule has 2 heterocycles. The highest BCUT2D eigenvalue weighted by Gasteiger charge is 2.35. The largest absolute Gasteiger partial charge is 0.337 e. The molecular formula is C12H22N4O2S. The van der Waals surface area contributed by atoms with E-state index in [4.69, 9.17) is 0 Å². The number of hydrogen-bond donors (Lipinski definition) is 2. The maximum absolute atomic E-state index is 12.3. The van der Waals surface area contributed by atoms with Crippen LogP contribution in [0, 0.1) is 12.3 Å². The van der Waals surface area contributed by atoms with Gasteiger partial charge in [-0.2, -0.15) is 0 Å². The fourth-order valence-electron chi connectivity index (χ4n) is 2.29. The molecule has 2 N–H and O–H groups in total. The summed E-state index contributed by atoms with van der Waals surface area (Å²) in [7, 11) is -1.75. The number of imidazole rings is 1. The van der Waals surface area contributed by atoms with Crippen LogP contribution in [0.5, 0.6) is 0 Å². The third-order valence-electron chi connectivity index (χ3n) is 3.79. The molecular weight excluding hydrogens is 264 g/mol. The van der Waals surface area contributed by atoms with Gasteiger partial charge in [0.1, 0.15) is 5.82 Å². The summed E-state index contributed by atoms with van der Waals surface area (Å²) >= 11 is 0. The third kappa shape index (κ3) is 2.98. The highest BCUT2D eigenvalue weighted by Crippen LogP contribution is 2.26. The summed E-state index contributed by atoms with van der Waals surface area (Å²) in [4.78, 5) is 4.09. The number of hydrogen-bond acceptors (Lipinski definition) is 4. The van der Waals surface area contributed by atoms with E-state index in [1.54, 1.807) is 24.7 Å². The van der Waals surface area contributed by atoms with Gasteiger partial charge in [0, 0.05) is 25.8 Å². The van der Waals surface area contributed by atoms with Gasteiger partial charge in [0.05, 0.1) is 0 Å². The van der Waals surface area contributed by atoms with Crippen LogP contribution in [0.4, 0.5) is 0 Å². The molecule has 0 radical (unpaired) electrons. The second-order valence-corrected chi connectivity index (χ2v) is 7.53. The van der Waals surface area contributed by atoms with E-state index in [9.17, 15) is 8.42 Å². The summed E-state index contributed by atoms with van der Waals surface area (Å²) in [5.41, 5.74) is -0.102. The maximum atomic E-state index is 12.3. The molecule has 1 aliphatic rings. The van der Waals surface area contributed by atoms with Gasteiger partial charge >= 0.3 is 0 Å². The van der Waals surface area contributed by atoms with E-state index in [1.165, 1.54) is 0 Å². The molecule has 1 aliphatic heterocycles. The molecule has 0 aromatic carbocycles. The molecule has 0 spiro atoms. The van der Waals surface area contributed by atoms with Gasteiger partial charge in [0.25, 0.3) is 10.0 Å². The van der Waals surface area contributed by atoms with Gasteiger partial charge < -0.3 is 9.88 Å². The fraction of sp³-hybridized carbons (Fsp3) is 0.750. The fourth-order valence-corrected chi connectivity index (χ4v) is 3.77. The molecule has 1 fully saturated rings. The minimum atomic E-state index is -3.54. The highest BCUT2D eigenvalue weighted by molar-refractivity contribution is 7.89. The predicted octanol–water partition coefficient (Wildman–Crippen LogP) is 0.395. The highest BCUT2D eigenvalue weighted by atomic mass is 32.2. The molecule has 0 aliphatic carbocycles. The topological polar surface area (TPSA) is 76.0 Å². The molecule has 0 bridgehead atoms. The van der Waals surface area contributed by atoms with Crippen molar-refractivity contribution in [3.8, 4) is 0 Å². The van der Waals surface area contributed by atoms with E-state index < -0.39 is 10.0 Å². The first kappa shape index (κ1) is 14.5. The van der Waals surface area contributed by atoms with Gasteiger partial charge in [0.15, 0.2) is 5.03 Å². The van der Waals surface area contributed by atoms with E-state index >= 15 is 0 Å². The second kappa shape index (κ2) is 4.88. The lowest BCUT2D eigenvalue weighted by Crippen LogP contribution is -2.54. The molecule has 1 aromatic rings. The molecule has 1 aromatic heterocycles. The minimum Gasteiger partial charge on any atom is -0.337 e. The van der Waals surface area contributed by atoms with Crippen molar-refractivity contribution in [1.82, 2.24) is 19.6 Å². The summed E-state index contributed by atoms with van der Waals surface area (Å²) in [6.45, 7) is 7.55. The van der Waals surface area contributed by atoms with Crippen LogP contribution < -0.4 is 10.0 Å². The molecule has 7 heteroatoms. The Morgan fingerprint density at radius 1 is 1.53 bits per heavy atom. The molecule has 6 nitrogen and oxygen atoms in total. The van der Waals surface area contributed by atoms with Gasteiger partial charge in [-0.25, -0.2) is 18.1 Å². The third-order valence-corrected chi connectivity index (χ3v) is 5.14. The van der Waals surface area contributed by atoms with Crippen molar-refractivity contribution in [2.75, 3.05) is 13.1 Å². The Kier molecular flexibility index (Phi) is 3.72. The van der Waals surface area contributed by atoms with Crippen LogP contribution in [0.3, 0.4) is 0 Å². The Bertz CT molecular complexity index is 543. The molecule has 0 amide bonds. The Morgan fingerprint density at radius 2 is 2.21 bits per heavy atom. The van der Waals surface area contributed by atoms with Gasteiger partial charge in [-0.3, -0.25) is 0 Å². The van der Waals surface area contributed by atoms with Crippen molar-refractivity contribution in [1.29, 1.82) is 0 Å². The van der Waals surface area contributed by atoms with Gasteiger partial charge in [-0.1, -0.05) is 13.8 Å². The van der Waals surface area contributed by atoms with Crippen LogP contribution in [0.25, 0.3) is 0 Å². The van der Waals surface area contributed by atoms with Crippen LogP contribution in [-0.2, 0) is 17.1 Å². The SMILES string of the molecule is Cc1nc(S(=O)(=O)NC2CCNCC2(C)C)cn1C. The summed E-state index contributed by atoms with van der Waals surface area (Å²) < 4.78 is 29.2. The van der Waals surface area contributed by atoms with Gasteiger partial charge in [-0.05, 0) is 25.3 Å². The molecule has 2 rings (SSSR count). The Balaban J connectivity index is 2.21. The Labute approximate surface area is 114 Å². The van der Waals surface area contributed by atoms with Crippen molar-refractivity contribution in [3.63, 3.8) is 0 Å². The normalized spacial score (nSPS) is 23.5. The van der Waals surface area contributed by atoms with Crippen LogP contribution in [0.2, 0.25) is 0 Å². The Morgan fingerprint density at radius 3 is 2.74 bits per heavy atom. The van der Waals surface area contributed by atoms with Crippen LogP contribution in [0.15, 0.2) is 11.2 Å². The van der Waals surface area contributed by atoms with E-state index in [0.717, 1.165) is 19.5 Å². The predicted molar refractivity (Wildman–Crippen MR) is 73.3 cm³/mol. The molecule has 19 heavy (non-hydrogen) atoms. The monoisotopic (exact) mass is 286 g/mol. The van der Waals surface area contributed by atoms with Crippen molar-refractivity contribution >= 4 is 10.0 Å².